The Morgan fingerprint density at radius 1 is 1.55 bits per heavy atom. The van der Waals surface area contributed by atoms with Gasteiger partial charge in [0.05, 0.1) is 0 Å². The first-order chi connectivity index (χ1) is 5.38. The number of H-pyrrole nitrogens is 1. The van der Waals surface area contributed by atoms with Crippen LogP contribution in [0.15, 0.2) is 18.5 Å². The second kappa shape index (κ2) is 2.53. The molecule has 2 heteroatoms. The van der Waals surface area contributed by atoms with Gasteiger partial charge in [-0.15, -0.1) is 0 Å². The summed E-state index contributed by atoms with van der Waals surface area (Å²) in [5.74, 6) is 0.603. The van der Waals surface area contributed by atoms with Crippen LogP contribution in [-0.2, 0) is 4.79 Å². The van der Waals surface area contributed by atoms with E-state index in [1.54, 1.807) is 0 Å². The fraction of sp³-hybridized carbons (Fsp3) is 0.444. The first-order valence-corrected chi connectivity index (χ1v) is 4.03. The van der Waals surface area contributed by atoms with E-state index in [1.165, 1.54) is 0 Å². The zero-order valence-corrected chi connectivity index (χ0v) is 6.34. The van der Waals surface area contributed by atoms with Crippen molar-refractivity contribution in [3.63, 3.8) is 0 Å². The summed E-state index contributed by atoms with van der Waals surface area (Å²) in [6.45, 7) is 0. The standard InChI is InChI=1S/C9H11NO/c11-9-3-1-2-8(9)7-4-5-10-6-7/h4-6,8,10H,1-3H2. The van der Waals surface area contributed by atoms with E-state index < -0.39 is 0 Å². The van der Waals surface area contributed by atoms with Crippen molar-refractivity contribution < 1.29 is 4.79 Å². The summed E-state index contributed by atoms with van der Waals surface area (Å²) in [7, 11) is 0. The normalized spacial score (nSPS) is 24.4. The van der Waals surface area contributed by atoms with Crippen molar-refractivity contribution in [2.24, 2.45) is 0 Å². The lowest BCUT2D eigenvalue weighted by Crippen LogP contribution is -2.02. The maximum atomic E-state index is 11.3. The molecule has 0 aliphatic heterocycles. The van der Waals surface area contributed by atoms with Crippen molar-refractivity contribution in [1.29, 1.82) is 0 Å². The van der Waals surface area contributed by atoms with Crippen LogP contribution in [-0.4, -0.2) is 10.8 Å². The molecule has 1 aromatic rings. The minimum Gasteiger partial charge on any atom is -0.367 e. The Bertz CT molecular complexity index is 251. The van der Waals surface area contributed by atoms with Gasteiger partial charge in [0, 0.05) is 24.7 Å². The molecule has 1 fully saturated rings. The smallest absolute Gasteiger partial charge is 0.140 e. The minimum absolute atomic E-state index is 0.196. The van der Waals surface area contributed by atoms with Gasteiger partial charge in [0.2, 0.25) is 0 Å². The Labute approximate surface area is 65.6 Å². The van der Waals surface area contributed by atoms with Gasteiger partial charge < -0.3 is 4.98 Å². The monoisotopic (exact) mass is 149 g/mol. The van der Waals surface area contributed by atoms with Crippen molar-refractivity contribution >= 4 is 5.78 Å². The quantitative estimate of drug-likeness (QED) is 0.649. The maximum Gasteiger partial charge on any atom is 0.140 e. The number of ketones is 1. The van der Waals surface area contributed by atoms with Crippen LogP contribution >= 0.6 is 0 Å². The van der Waals surface area contributed by atoms with Crippen LogP contribution in [0.4, 0.5) is 0 Å². The molecule has 0 aromatic carbocycles. The third-order valence-corrected chi connectivity index (χ3v) is 2.33. The molecule has 1 aromatic heterocycles. The van der Waals surface area contributed by atoms with Crippen LogP contribution in [0.2, 0.25) is 0 Å². The van der Waals surface area contributed by atoms with Gasteiger partial charge in [-0.25, -0.2) is 0 Å². The molecule has 1 atom stereocenters. The van der Waals surface area contributed by atoms with Crippen molar-refractivity contribution in [3.05, 3.63) is 24.0 Å². The SMILES string of the molecule is O=C1CCCC1c1cc[nH]c1. The molecule has 0 amide bonds. The molecular weight excluding hydrogens is 138 g/mol. The van der Waals surface area contributed by atoms with Crippen LogP contribution in [0.25, 0.3) is 0 Å². The van der Waals surface area contributed by atoms with Crippen LogP contribution in [0.3, 0.4) is 0 Å². The topological polar surface area (TPSA) is 32.9 Å². The number of rotatable bonds is 1. The molecule has 0 spiro atoms. The second-order valence-corrected chi connectivity index (χ2v) is 3.06. The molecular formula is C9H11NO. The van der Waals surface area contributed by atoms with Crippen molar-refractivity contribution in [3.8, 4) is 0 Å². The minimum atomic E-state index is 0.196. The van der Waals surface area contributed by atoms with Gasteiger partial charge in [0.15, 0.2) is 0 Å². The molecule has 1 heterocycles. The predicted molar refractivity (Wildman–Crippen MR) is 42.4 cm³/mol. The summed E-state index contributed by atoms with van der Waals surface area (Å²) in [5, 5.41) is 0. The molecule has 58 valence electrons. The van der Waals surface area contributed by atoms with E-state index in [-0.39, 0.29) is 5.92 Å². The molecule has 1 N–H and O–H groups in total. The first-order valence-electron chi connectivity index (χ1n) is 4.03. The highest BCUT2D eigenvalue weighted by atomic mass is 16.1. The van der Waals surface area contributed by atoms with Crippen LogP contribution in [0.5, 0.6) is 0 Å². The van der Waals surface area contributed by atoms with Gasteiger partial charge in [-0.05, 0) is 24.5 Å². The van der Waals surface area contributed by atoms with Crippen LogP contribution < -0.4 is 0 Å². The van der Waals surface area contributed by atoms with E-state index in [2.05, 4.69) is 4.98 Å². The van der Waals surface area contributed by atoms with Gasteiger partial charge >= 0.3 is 0 Å². The number of carbonyl (C=O) groups is 1. The number of nitrogens with one attached hydrogen (secondary N) is 1. The second-order valence-electron chi connectivity index (χ2n) is 3.06. The molecule has 0 radical (unpaired) electrons. The third kappa shape index (κ3) is 1.09. The van der Waals surface area contributed by atoms with E-state index in [9.17, 15) is 4.79 Å². The predicted octanol–water partition coefficient (Wildman–Crippen LogP) is 1.85. The maximum absolute atomic E-state index is 11.3. The summed E-state index contributed by atoms with van der Waals surface area (Å²) in [4.78, 5) is 14.2. The van der Waals surface area contributed by atoms with E-state index in [4.69, 9.17) is 0 Å². The van der Waals surface area contributed by atoms with E-state index in [1.807, 2.05) is 18.5 Å². The number of Topliss-reactive ketones (excluding diaryl/α,β-unsaturated/α-hetero) is 1. The van der Waals surface area contributed by atoms with E-state index in [0.29, 0.717) is 5.78 Å². The zero-order valence-electron chi connectivity index (χ0n) is 6.34. The third-order valence-electron chi connectivity index (χ3n) is 2.33. The Morgan fingerprint density at radius 3 is 3.00 bits per heavy atom. The highest BCUT2D eigenvalue weighted by molar-refractivity contribution is 5.87. The fourth-order valence-corrected chi connectivity index (χ4v) is 1.72. The molecule has 1 unspecified atom stereocenters. The lowest BCUT2D eigenvalue weighted by molar-refractivity contribution is -0.118. The average Bonchev–Trinajstić information content (AvgIpc) is 2.55. The Hall–Kier alpha value is -1.05. The van der Waals surface area contributed by atoms with E-state index in [0.717, 1.165) is 24.8 Å². The molecule has 1 aliphatic carbocycles. The van der Waals surface area contributed by atoms with Crippen LogP contribution in [0, 0.1) is 0 Å². The van der Waals surface area contributed by atoms with Crippen molar-refractivity contribution in [1.82, 2.24) is 4.98 Å². The molecule has 1 aliphatic rings. The Kier molecular flexibility index (Phi) is 1.53. The Morgan fingerprint density at radius 2 is 2.45 bits per heavy atom. The first kappa shape index (κ1) is 6.65. The van der Waals surface area contributed by atoms with Crippen molar-refractivity contribution in [2.45, 2.75) is 25.2 Å². The number of aromatic nitrogens is 1. The zero-order chi connectivity index (χ0) is 7.68. The average molecular weight is 149 g/mol. The van der Waals surface area contributed by atoms with Gasteiger partial charge in [0.25, 0.3) is 0 Å². The highest BCUT2D eigenvalue weighted by Gasteiger charge is 2.25. The molecule has 2 rings (SSSR count). The lowest BCUT2D eigenvalue weighted by atomic mass is 10.0. The molecule has 0 bridgehead atoms. The summed E-state index contributed by atoms with van der Waals surface area (Å²) >= 11 is 0. The fourth-order valence-electron chi connectivity index (χ4n) is 1.72. The molecule has 1 saturated carbocycles. The summed E-state index contributed by atoms with van der Waals surface area (Å²) < 4.78 is 0. The highest BCUT2D eigenvalue weighted by Crippen LogP contribution is 2.30. The number of hydrogen-bond donors (Lipinski definition) is 1. The molecule has 2 nitrogen and oxygen atoms in total. The van der Waals surface area contributed by atoms with Gasteiger partial charge in [0.1, 0.15) is 5.78 Å². The number of carbonyl (C=O) groups excluding carboxylic acids is 1. The summed E-state index contributed by atoms with van der Waals surface area (Å²) in [6, 6.07) is 1.99. The van der Waals surface area contributed by atoms with E-state index >= 15 is 0 Å². The number of hydrogen-bond acceptors (Lipinski definition) is 1. The number of aromatic amines is 1. The van der Waals surface area contributed by atoms with Crippen molar-refractivity contribution in [2.75, 3.05) is 0 Å². The van der Waals surface area contributed by atoms with Gasteiger partial charge in [-0.1, -0.05) is 0 Å². The largest absolute Gasteiger partial charge is 0.367 e. The van der Waals surface area contributed by atoms with Crippen LogP contribution in [0.1, 0.15) is 30.7 Å². The Balaban J connectivity index is 2.23. The molecule has 11 heavy (non-hydrogen) atoms. The van der Waals surface area contributed by atoms with Gasteiger partial charge in [-0.2, -0.15) is 0 Å². The van der Waals surface area contributed by atoms with Gasteiger partial charge in [-0.3, -0.25) is 4.79 Å². The molecule has 0 saturated heterocycles. The summed E-state index contributed by atoms with van der Waals surface area (Å²) in [6.07, 6.45) is 6.68. The summed E-state index contributed by atoms with van der Waals surface area (Å²) in [5.41, 5.74) is 1.16. The lowest BCUT2D eigenvalue weighted by Gasteiger charge is -2.02.